The smallest absolute Gasteiger partial charge is 0.410 e. The summed E-state index contributed by atoms with van der Waals surface area (Å²) >= 11 is 0. The SMILES string of the molecule is CN(CCCC(=O)N1CCCC2CCCCC21)C(=O)OC(C)(C)C. The highest BCUT2D eigenvalue weighted by Gasteiger charge is 2.35. The molecule has 2 unspecified atom stereocenters. The van der Waals surface area contributed by atoms with E-state index >= 15 is 0 Å². The molecule has 0 spiro atoms. The molecule has 24 heavy (non-hydrogen) atoms. The first-order valence-electron chi connectivity index (χ1n) is 9.51. The summed E-state index contributed by atoms with van der Waals surface area (Å²) in [6.45, 7) is 7.06. The fraction of sp³-hybridized carbons (Fsp3) is 0.895. The number of piperidine rings is 1. The molecule has 0 aromatic rings. The Morgan fingerprint density at radius 1 is 1.12 bits per heavy atom. The van der Waals surface area contributed by atoms with Gasteiger partial charge in [-0.1, -0.05) is 12.8 Å². The molecule has 0 bridgehead atoms. The van der Waals surface area contributed by atoms with Crippen LogP contribution in [0.25, 0.3) is 0 Å². The van der Waals surface area contributed by atoms with Crippen molar-refractivity contribution in [2.24, 2.45) is 5.92 Å². The predicted octanol–water partition coefficient (Wildman–Crippen LogP) is 3.81. The second kappa shape index (κ2) is 8.21. The number of carbonyl (C=O) groups is 2. The molecular formula is C19H34N2O3. The lowest BCUT2D eigenvalue weighted by Crippen LogP contribution is -2.49. The van der Waals surface area contributed by atoms with Gasteiger partial charge in [-0.2, -0.15) is 0 Å². The van der Waals surface area contributed by atoms with Crippen molar-refractivity contribution in [3.63, 3.8) is 0 Å². The Morgan fingerprint density at radius 3 is 2.50 bits per heavy atom. The largest absolute Gasteiger partial charge is 0.444 e. The summed E-state index contributed by atoms with van der Waals surface area (Å²) in [6, 6.07) is 0.476. The summed E-state index contributed by atoms with van der Waals surface area (Å²) in [6.07, 6.45) is 8.37. The van der Waals surface area contributed by atoms with Gasteiger partial charge in [0.25, 0.3) is 0 Å². The van der Waals surface area contributed by atoms with Crippen LogP contribution >= 0.6 is 0 Å². The minimum absolute atomic E-state index is 0.268. The molecule has 1 saturated heterocycles. The fourth-order valence-electron chi connectivity index (χ4n) is 3.98. The summed E-state index contributed by atoms with van der Waals surface area (Å²) < 4.78 is 5.34. The van der Waals surface area contributed by atoms with Crippen molar-refractivity contribution in [2.75, 3.05) is 20.1 Å². The quantitative estimate of drug-likeness (QED) is 0.783. The molecule has 1 saturated carbocycles. The van der Waals surface area contributed by atoms with E-state index in [0.717, 1.165) is 18.9 Å². The van der Waals surface area contributed by atoms with Crippen LogP contribution in [0.3, 0.4) is 0 Å². The van der Waals surface area contributed by atoms with Crippen molar-refractivity contribution >= 4 is 12.0 Å². The van der Waals surface area contributed by atoms with E-state index in [0.29, 0.717) is 25.4 Å². The van der Waals surface area contributed by atoms with E-state index in [1.165, 1.54) is 32.1 Å². The number of likely N-dealkylation sites (tertiary alicyclic amines) is 1. The fourth-order valence-corrected chi connectivity index (χ4v) is 3.98. The van der Waals surface area contributed by atoms with E-state index in [2.05, 4.69) is 4.90 Å². The van der Waals surface area contributed by atoms with Crippen LogP contribution in [0.2, 0.25) is 0 Å². The van der Waals surface area contributed by atoms with Crippen LogP contribution < -0.4 is 0 Å². The number of nitrogens with zero attached hydrogens (tertiary/aromatic N) is 2. The predicted molar refractivity (Wildman–Crippen MR) is 94.8 cm³/mol. The average molecular weight is 338 g/mol. The standard InChI is InChI=1S/C19H34N2O3/c1-19(2,3)24-18(23)20(4)13-8-12-17(22)21-14-7-10-15-9-5-6-11-16(15)21/h15-16H,5-14H2,1-4H3. The van der Waals surface area contributed by atoms with Crippen molar-refractivity contribution in [3.05, 3.63) is 0 Å². The second-order valence-electron chi connectivity index (χ2n) is 8.35. The molecule has 2 aliphatic rings. The van der Waals surface area contributed by atoms with E-state index < -0.39 is 5.60 Å². The van der Waals surface area contributed by atoms with E-state index in [1.54, 1.807) is 11.9 Å². The van der Waals surface area contributed by atoms with Gasteiger partial charge in [-0.3, -0.25) is 4.79 Å². The first-order chi connectivity index (χ1) is 11.3. The van der Waals surface area contributed by atoms with E-state index in [9.17, 15) is 9.59 Å². The van der Waals surface area contributed by atoms with Crippen LogP contribution in [0, 0.1) is 5.92 Å². The monoisotopic (exact) mass is 338 g/mol. The lowest BCUT2D eigenvalue weighted by atomic mass is 9.78. The Hall–Kier alpha value is -1.26. The molecule has 5 heteroatoms. The van der Waals surface area contributed by atoms with Crippen LogP contribution in [0.5, 0.6) is 0 Å². The topological polar surface area (TPSA) is 49.9 Å². The van der Waals surface area contributed by atoms with Gasteiger partial charge >= 0.3 is 6.09 Å². The number of fused-ring (bicyclic) bond motifs is 1. The molecule has 2 rings (SSSR count). The maximum atomic E-state index is 12.6. The Bertz CT molecular complexity index is 442. The molecule has 2 amide bonds. The molecule has 1 heterocycles. The second-order valence-corrected chi connectivity index (χ2v) is 8.35. The number of amides is 2. The zero-order chi connectivity index (χ0) is 17.7. The Morgan fingerprint density at radius 2 is 1.79 bits per heavy atom. The molecule has 1 aliphatic heterocycles. The number of hydrogen-bond donors (Lipinski definition) is 0. The third kappa shape index (κ3) is 5.38. The van der Waals surface area contributed by atoms with E-state index in [-0.39, 0.29) is 12.0 Å². The first-order valence-corrected chi connectivity index (χ1v) is 9.51. The van der Waals surface area contributed by atoms with Crippen molar-refractivity contribution in [3.8, 4) is 0 Å². The summed E-state index contributed by atoms with van der Waals surface area (Å²) in [5.41, 5.74) is -0.481. The van der Waals surface area contributed by atoms with Gasteiger partial charge in [0.2, 0.25) is 5.91 Å². The average Bonchev–Trinajstić information content (AvgIpc) is 2.52. The molecule has 0 aromatic heterocycles. The van der Waals surface area contributed by atoms with Gasteiger partial charge in [0.1, 0.15) is 5.60 Å². The van der Waals surface area contributed by atoms with E-state index in [4.69, 9.17) is 4.74 Å². The van der Waals surface area contributed by atoms with Gasteiger partial charge < -0.3 is 14.5 Å². The zero-order valence-corrected chi connectivity index (χ0v) is 15.8. The highest BCUT2D eigenvalue weighted by Crippen LogP contribution is 2.35. The Labute approximate surface area is 146 Å². The van der Waals surface area contributed by atoms with Crippen molar-refractivity contribution < 1.29 is 14.3 Å². The minimum atomic E-state index is -0.481. The Kier molecular flexibility index (Phi) is 6.53. The summed E-state index contributed by atoms with van der Waals surface area (Å²) in [7, 11) is 1.73. The van der Waals surface area contributed by atoms with Crippen LogP contribution in [0.15, 0.2) is 0 Å². The molecule has 1 aliphatic carbocycles. The maximum Gasteiger partial charge on any atom is 0.410 e. The number of carbonyl (C=O) groups excluding carboxylic acids is 2. The van der Waals surface area contributed by atoms with Crippen LogP contribution in [0.4, 0.5) is 4.79 Å². The van der Waals surface area contributed by atoms with Gasteiger partial charge in [-0.15, -0.1) is 0 Å². The van der Waals surface area contributed by atoms with Crippen molar-refractivity contribution in [2.45, 2.75) is 83.8 Å². The zero-order valence-electron chi connectivity index (χ0n) is 15.8. The molecule has 2 atom stereocenters. The summed E-state index contributed by atoms with van der Waals surface area (Å²) in [5, 5.41) is 0. The van der Waals surface area contributed by atoms with E-state index in [1.807, 2.05) is 20.8 Å². The molecule has 2 fully saturated rings. The highest BCUT2D eigenvalue weighted by molar-refractivity contribution is 5.76. The van der Waals surface area contributed by atoms with Crippen LogP contribution in [-0.2, 0) is 9.53 Å². The Balaban J connectivity index is 1.75. The molecule has 0 N–H and O–H groups in total. The van der Waals surface area contributed by atoms with Gasteiger partial charge in [0, 0.05) is 32.6 Å². The first kappa shape index (κ1) is 19.1. The summed E-state index contributed by atoms with van der Waals surface area (Å²) in [5.74, 6) is 0.991. The maximum absolute atomic E-state index is 12.6. The lowest BCUT2D eigenvalue weighted by Gasteiger charge is -2.44. The van der Waals surface area contributed by atoms with Gasteiger partial charge in [-0.25, -0.2) is 4.79 Å². The van der Waals surface area contributed by atoms with Crippen molar-refractivity contribution in [1.82, 2.24) is 9.80 Å². The number of rotatable bonds is 4. The highest BCUT2D eigenvalue weighted by atomic mass is 16.6. The normalized spacial score (nSPS) is 24.2. The molecule has 5 nitrogen and oxygen atoms in total. The lowest BCUT2D eigenvalue weighted by molar-refractivity contribution is -0.137. The third-order valence-corrected chi connectivity index (χ3v) is 5.15. The van der Waals surface area contributed by atoms with Gasteiger partial charge in [0.15, 0.2) is 0 Å². The van der Waals surface area contributed by atoms with Gasteiger partial charge in [-0.05, 0) is 58.8 Å². The van der Waals surface area contributed by atoms with Crippen LogP contribution in [0.1, 0.15) is 72.1 Å². The van der Waals surface area contributed by atoms with Crippen molar-refractivity contribution in [1.29, 1.82) is 0 Å². The molecular weight excluding hydrogens is 304 g/mol. The minimum Gasteiger partial charge on any atom is -0.444 e. The van der Waals surface area contributed by atoms with Crippen LogP contribution in [-0.4, -0.2) is 53.6 Å². The summed E-state index contributed by atoms with van der Waals surface area (Å²) in [4.78, 5) is 28.3. The van der Waals surface area contributed by atoms with Gasteiger partial charge in [0.05, 0.1) is 0 Å². The molecule has 138 valence electrons. The molecule has 0 aromatic carbocycles. The number of ether oxygens (including phenoxy) is 1. The number of hydrogen-bond acceptors (Lipinski definition) is 3. The third-order valence-electron chi connectivity index (χ3n) is 5.15. The molecule has 0 radical (unpaired) electrons.